The van der Waals surface area contributed by atoms with Crippen molar-refractivity contribution in [3.63, 3.8) is 0 Å². The molecule has 3 aliphatic rings. The van der Waals surface area contributed by atoms with Crippen LogP contribution in [0.5, 0.6) is 11.5 Å². The van der Waals surface area contributed by atoms with Gasteiger partial charge in [-0.2, -0.15) is 11.3 Å². The Balaban J connectivity index is 0.000000152. The summed E-state index contributed by atoms with van der Waals surface area (Å²) in [5.74, 6) is 1.65. The van der Waals surface area contributed by atoms with E-state index in [0.29, 0.717) is 11.1 Å². The number of hydrogen-bond donors (Lipinski definition) is 2. The third kappa shape index (κ3) is 6.46. The standard InChI is InChI=1S/C20H18BrNO2.C20H15NO2S/c1-20(2)8-7-13-9-12(3-6-18(13)24-20)10-16-15-11-14(21)4-5-17(15)22-19(16)23;1-23-19-7-6-13(10-16(19)14-8-9-24-12-14)11-17-15-4-2-3-5-18(15)21-20(17)22/h3-6,9-11H,7-8H2,1-2H3,(H,22,23);2-12H,1H3,(H,21,22). The molecule has 0 spiro atoms. The van der Waals surface area contributed by atoms with Crippen molar-refractivity contribution in [2.45, 2.75) is 32.3 Å². The van der Waals surface area contributed by atoms with Crippen LogP contribution in [0.3, 0.4) is 0 Å². The first-order valence-electron chi connectivity index (χ1n) is 15.7. The number of rotatable bonds is 4. The van der Waals surface area contributed by atoms with E-state index in [1.807, 2.05) is 84.3 Å². The van der Waals surface area contributed by atoms with Crippen LogP contribution in [0.4, 0.5) is 11.4 Å². The number of fused-ring (bicyclic) bond motifs is 3. The Labute approximate surface area is 292 Å². The fraction of sp³-hybridized carbons (Fsp3) is 0.150. The Bertz CT molecular complexity index is 2130. The van der Waals surface area contributed by atoms with Gasteiger partial charge in [-0.3, -0.25) is 9.59 Å². The number of carbonyl (C=O) groups is 2. The van der Waals surface area contributed by atoms with Gasteiger partial charge in [0.2, 0.25) is 0 Å². The molecule has 0 radical (unpaired) electrons. The summed E-state index contributed by atoms with van der Waals surface area (Å²) in [7, 11) is 1.67. The fourth-order valence-electron chi connectivity index (χ4n) is 6.15. The largest absolute Gasteiger partial charge is 0.496 e. The maximum absolute atomic E-state index is 12.3. The predicted octanol–water partition coefficient (Wildman–Crippen LogP) is 9.96. The summed E-state index contributed by atoms with van der Waals surface area (Å²) in [6.45, 7) is 4.23. The maximum Gasteiger partial charge on any atom is 0.256 e. The summed E-state index contributed by atoms with van der Waals surface area (Å²) in [4.78, 5) is 24.6. The van der Waals surface area contributed by atoms with Crippen LogP contribution in [0, 0.1) is 0 Å². The van der Waals surface area contributed by atoms with E-state index in [1.54, 1.807) is 18.4 Å². The lowest BCUT2D eigenvalue weighted by Crippen LogP contribution is -2.32. The van der Waals surface area contributed by atoms with E-state index in [9.17, 15) is 9.59 Å². The van der Waals surface area contributed by atoms with Crippen LogP contribution >= 0.6 is 27.3 Å². The number of hydrogen-bond acceptors (Lipinski definition) is 5. The molecule has 3 aliphatic heterocycles. The highest BCUT2D eigenvalue weighted by Gasteiger charge is 2.28. The minimum atomic E-state index is -0.108. The van der Waals surface area contributed by atoms with Gasteiger partial charge in [-0.15, -0.1) is 0 Å². The number of carbonyl (C=O) groups excluding carboxylic acids is 2. The minimum Gasteiger partial charge on any atom is -0.496 e. The molecule has 0 saturated heterocycles. The van der Waals surface area contributed by atoms with E-state index in [2.05, 4.69) is 64.0 Å². The van der Waals surface area contributed by atoms with Crippen LogP contribution in [0.2, 0.25) is 0 Å². The van der Waals surface area contributed by atoms with E-state index in [1.165, 1.54) is 5.56 Å². The Hall–Kier alpha value is -4.92. The zero-order valence-electron chi connectivity index (χ0n) is 26.7. The Morgan fingerprint density at radius 1 is 0.812 bits per heavy atom. The van der Waals surface area contributed by atoms with Crippen molar-refractivity contribution in [2.24, 2.45) is 0 Å². The molecule has 0 unspecified atom stereocenters. The van der Waals surface area contributed by atoms with Gasteiger partial charge in [-0.25, -0.2) is 0 Å². The van der Waals surface area contributed by atoms with E-state index in [0.717, 1.165) is 73.6 Å². The molecule has 0 aliphatic carbocycles. The maximum atomic E-state index is 12.3. The topological polar surface area (TPSA) is 76.7 Å². The van der Waals surface area contributed by atoms with Crippen LogP contribution in [0.15, 0.2) is 100 Å². The highest BCUT2D eigenvalue weighted by molar-refractivity contribution is 9.10. The van der Waals surface area contributed by atoms with Gasteiger partial charge in [-0.1, -0.05) is 46.3 Å². The number of ether oxygens (including phenoxy) is 2. The third-order valence-corrected chi connectivity index (χ3v) is 9.80. The van der Waals surface area contributed by atoms with Crippen molar-refractivity contribution in [1.29, 1.82) is 0 Å². The molecule has 4 heterocycles. The zero-order chi connectivity index (χ0) is 33.4. The van der Waals surface area contributed by atoms with Gasteiger partial charge < -0.3 is 20.1 Å². The Kier molecular flexibility index (Phi) is 8.54. The zero-order valence-corrected chi connectivity index (χ0v) is 29.1. The first-order chi connectivity index (χ1) is 23.2. The second kappa shape index (κ2) is 12.9. The molecule has 0 fully saturated rings. The van der Waals surface area contributed by atoms with Crippen molar-refractivity contribution >= 4 is 73.8 Å². The van der Waals surface area contributed by atoms with E-state index in [4.69, 9.17) is 9.47 Å². The smallest absolute Gasteiger partial charge is 0.256 e. The van der Waals surface area contributed by atoms with Crippen molar-refractivity contribution in [1.82, 2.24) is 0 Å². The van der Waals surface area contributed by atoms with Crippen molar-refractivity contribution in [2.75, 3.05) is 17.7 Å². The highest BCUT2D eigenvalue weighted by atomic mass is 79.9. The number of methoxy groups -OCH3 is 1. The van der Waals surface area contributed by atoms with Gasteiger partial charge in [0.05, 0.1) is 7.11 Å². The van der Waals surface area contributed by atoms with E-state index in [-0.39, 0.29) is 17.4 Å². The summed E-state index contributed by atoms with van der Waals surface area (Å²) in [6, 6.07) is 27.7. The molecular formula is C40H33BrN2O4S. The number of anilines is 2. The number of benzene rings is 4. The monoisotopic (exact) mass is 716 g/mol. The number of aryl methyl sites for hydroxylation is 1. The molecule has 240 valence electrons. The molecule has 0 saturated carbocycles. The number of halogens is 1. The normalized spacial score (nSPS) is 17.0. The molecule has 2 N–H and O–H groups in total. The number of amides is 2. The van der Waals surface area contributed by atoms with Gasteiger partial charge in [-0.05, 0) is 126 Å². The van der Waals surface area contributed by atoms with Gasteiger partial charge in [0.1, 0.15) is 17.1 Å². The second-order valence-electron chi connectivity index (χ2n) is 12.5. The number of nitrogens with one attached hydrogen (secondary N) is 2. The highest BCUT2D eigenvalue weighted by Crippen LogP contribution is 2.38. The average molecular weight is 718 g/mol. The van der Waals surface area contributed by atoms with Crippen LogP contribution in [-0.2, 0) is 16.0 Å². The van der Waals surface area contributed by atoms with E-state index < -0.39 is 0 Å². The quantitative estimate of drug-likeness (QED) is 0.182. The summed E-state index contributed by atoms with van der Waals surface area (Å²) in [5, 5.41) is 9.95. The van der Waals surface area contributed by atoms with Crippen LogP contribution in [0.1, 0.15) is 48.1 Å². The second-order valence-corrected chi connectivity index (χ2v) is 14.2. The molecule has 6 nitrogen and oxygen atoms in total. The average Bonchev–Trinajstić information content (AvgIpc) is 3.80. The lowest BCUT2D eigenvalue weighted by molar-refractivity contribution is -0.111. The number of thiophene rings is 1. The Morgan fingerprint density at radius 3 is 2.27 bits per heavy atom. The third-order valence-electron chi connectivity index (χ3n) is 8.62. The Morgan fingerprint density at radius 2 is 1.52 bits per heavy atom. The molecule has 0 atom stereocenters. The molecule has 8 rings (SSSR count). The van der Waals surface area contributed by atoms with Gasteiger partial charge in [0.15, 0.2) is 0 Å². The molecule has 0 bridgehead atoms. The molecule has 48 heavy (non-hydrogen) atoms. The summed E-state index contributed by atoms with van der Waals surface area (Å²) < 4.78 is 12.5. The van der Waals surface area contributed by atoms with Crippen molar-refractivity contribution in [3.05, 3.63) is 128 Å². The molecular weight excluding hydrogens is 684 g/mol. The van der Waals surface area contributed by atoms with Crippen LogP contribution < -0.4 is 20.1 Å². The SMILES string of the molecule is CC1(C)CCc2cc(C=C3C(=O)Nc4ccc(Br)cc43)ccc2O1.COc1ccc(C=C2C(=O)Nc3ccccc32)cc1-c1ccsc1. The molecule has 4 aromatic carbocycles. The first-order valence-corrected chi connectivity index (χ1v) is 17.4. The fourth-order valence-corrected chi connectivity index (χ4v) is 7.16. The molecule has 8 heteroatoms. The lowest BCUT2D eigenvalue weighted by Gasteiger charge is -2.32. The van der Waals surface area contributed by atoms with Crippen LogP contribution in [-0.4, -0.2) is 24.5 Å². The van der Waals surface area contributed by atoms with Gasteiger partial charge in [0, 0.05) is 43.7 Å². The van der Waals surface area contributed by atoms with Gasteiger partial charge >= 0.3 is 0 Å². The summed E-state index contributed by atoms with van der Waals surface area (Å²) in [6.07, 6.45) is 5.87. The summed E-state index contributed by atoms with van der Waals surface area (Å²) in [5.41, 5.74) is 10.2. The van der Waals surface area contributed by atoms with Crippen LogP contribution in [0.25, 0.3) is 34.4 Å². The minimum absolute atomic E-state index is 0.0572. The molecule has 2 amide bonds. The predicted molar refractivity (Wildman–Crippen MR) is 199 cm³/mol. The first kappa shape index (κ1) is 31.7. The van der Waals surface area contributed by atoms with Crippen molar-refractivity contribution < 1.29 is 19.1 Å². The molecule has 1 aromatic heterocycles. The number of para-hydroxylation sites is 1. The van der Waals surface area contributed by atoms with Crippen molar-refractivity contribution in [3.8, 4) is 22.6 Å². The van der Waals surface area contributed by atoms with Gasteiger partial charge in [0.25, 0.3) is 11.8 Å². The lowest BCUT2D eigenvalue weighted by atomic mass is 9.93. The molecule has 5 aromatic rings. The van der Waals surface area contributed by atoms with E-state index >= 15 is 0 Å². The summed E-state index contributed by atoms with van der Waals surface area (Å²) >= 11 is 5.12.